The Morgan fingerprint density at radius 3 is 2.54 bits per heavy atom. The maximum absolute atomic E-state index is 15.0. The molecule has 0 saturated heterocycles. The molecule has 2 heterocycles. The fourth-order valence-corrected chi connectivity index (χ4v) is 5.38. The van der Waals surface area contributed by atoms with Gasteiger partial charge in [-0.3, -0.25) is 14.4 Å². The van der Waals surface area contributed by atoms with Crippen molar-refractivity contribution in [3.05, 3.63) is 110 Å². The van der Waals surface area contributed by atoms with E-state index in [4.69, 9.17) is 21.6 Å². The predicted octanol–water partition coefficient (Wildman–Crippen LogP) is 6.40. The van der Waals surface area contributed by atoms with Crippen molar-refractivity contribution in [3.63, 3.8) is 0 Å². The summed E-state index contributed by atoms with van der Waals surface area (Å²) in [6.07, 6.45) is 0.499. The molecule has 1 atom stereocenters. The van der Waals surface area contributed by atoms with Gasteiger partial charge in [-0.1, -0.05) is 54.9 Å². The average molecular weight is 549 g/mol. The number of rotatable bonds is 7. The summed E-state index contributed by atoms with van der Waals surface area (Å²) in [5.74, 6) is -0.613. The van der Waals surface area contributed by atoms with E-state index >= 15 is 0 Å². The number of hydrogen-bond donors (Lipinski definition) is 0. The minimum absolute atomic E-state index is 0.0213. The van der Waals surface area contributed by atoms with Crippen LogP contribution >= 0.6 is 11.6 Å². The van der Waals surface area contributed by atoms with E-state index in [1.54, 1.807) is 41.8 Å². The van der Waals surface area contributed by atoms with Gasteiger partial charge in [-0.25, -0.2) is 13.8 Å². The van der Waals surface area contributed by atoms with Crippen molar-refractivity contribution in [3.8, 4) is 0 Å². The van der Waals surface area contributed by atoms with Crippen molar-refractivity contribution in [2.24, 2.45) is 10.9 Å². The van der Waals surface area contributed by atoms with Gasteiger partial charge in [-0.15, -0.1) is 0 Å². The molecule has 5 rings (SSSR count). The molecule has 1 unspecified atom stereocenters. The zero-order valence-corrected chi connectivity index (χ0v) is 23.3. The molecule has 5 nitrogen and oxygen atoms in total. The number of aryl methyl sites for hydroxylation is 1. The summed E-state index contributed by atoms with van der Waals surface area (Å²) >= 11 is 6.22. The maximum Gasteiger partial charge on any atom is 0.261 e. The normalized spacial score (nSPS) is 15.6. The molecule has 1 aliphatic heterocycles. The van der Waals surface area contributed by atoms with Gasteiger partial charge in [-0.2, -0.15) is 0 Å². The lowest BCUT2D eigenvalue weighted by molar-refractivity contribution is 0.323. The molecule has 0 N–H and O–H groups in total. The summed E-state index contributed by atoms with van der Waals surface area (Å²) in [6, 6.07) is 18.1. The van der Waals surface area contributed by atoms with Gasteiger partial charge in [0.25, 0.3) is 5.56 Å². The second-order valence-corrected chi connectivity index (χ2v) is 11.5. The van der Waals surface area contributed by atoms with Gasteiger partial charge < -0.3 is 4.90 Å². The minimum atomic E-state index is -0.881. The van der Waals surface area contributed by atoms with E-state index in [2.05, 4.69) is 6.92 Å². The van der Waals surface area contributed by atoms with Crippen LogP contribution in [0.25, 0.3) is 10.9 Å². The minimum Gasteiger partial charge on any atom is -0.354 e. The highest BCUT2D eigenvalue weighted by molar-refractivity contribution is 6.31. The monoisotopic (exact) mass is 548 g/mol. The molecule has 0 fully saturated rings. The first kappa shape index (κ1) is 27.0. The van der Waals surface area contributed by atoms with Gasteiger partial charge in [0.2, 0.25) is 0 Å². The fraction of sp³-hybridized carbons (Fsp3) is 0.323. The molecule has 0 saturated carbocycles. The highest BCUT2D eigenvalue weighted by Crippen LogP contribution is 2.28. The van der Waals surface area contributed by atoms with Crippen LogP contribution in [0.5, 0.6) is 0 Å². The van der Waals surface area contributed by atoms with Crippen molar-refractivity contribution < 1.29 is 8.78 Å². The molecule has 8 heteroatoms. The topological polar surface area (TPSA) is 50.5 Å². The van der Waals surface area contributed by atoms with Crippen LogP contribution in [0.15, 0.2) is 70.5 Å². The standard InChI is InChI=1S/C31H31ClF2N4O/c1-19(16-37-18-31(3,4)36-29(37)24-12-10-20(2)27(33)28(24)34)14-26-35-25-15-22(32)11-13-23(25)30(39)38(26)17-21-8-6-5-7-9-21/h5-13,15,19H,14,16-18H2,1-4H3. The number of aromatic nitrogens is 2. The number of aliphatic imine (C=N–C) groups is 1. The van der Waals surface area contributed by atoms with E-state index in [1.165, 1.54) is 0 Å². The summed E-state index contributed by atoms with van der Waals surface area (Å²) in [7, 11) is 0. The Morgan fingerprint density at radius 1 is 1.05 bits per heavy atom. The second kappa shape index (κ2) is 10.5. The third-order valence-corrected chi connectivity index (χ3v) is 7.28. The Labute approximate surface area is 231 Å². The Hall–Kier alpha value is -3.58. The number of fused-ring (bicyclic) bond motifs is 1. The Kier molecular flexibility index (Phi) is 7.29. The zero-order chi connectivity index (χ0) is 27.9. The Bertz CT molecular complexity index is 1630. The zero-order valence-electron chi connectivity index (χ0n) is 22.5. The molecular formula is C31H31ClF2N4O. The second-order valence-electron chi connectivity index (χ2n) is 11.1. The first-order valence-corrected chi connectivity index (χ1v) is 13.4. The van der Waals surface area contributed by atoms with Crippen LogP contribution in [-0.4, -0.2) is 38.9 Å². The average Bonchev–Trinajstić information content (AvgIpc) is 3.18. The molecule has 0 spiro atoms. The maximum atomic E-state index is 15.0. The summed E-state index contributed by atoms with van der Waals surface area (Å²) in [5, 5.41) is 1.03. The largest absolute Gasteiger partial charge is 0.354 e. The number of nitrogens with zero attached hydrogens (tertiary/aromatic N) is 4. The summed E-state index contributed by atoms with van der Waals surface area (Å²) in [4.78, 5) is 25.2. The van der Waals surface area contributed by atoms with Gasteiger partial charge in [0.1, 0.15) is 11.7 Å². The van der Waals surface area contributed by atoms with Crippen molar-refractivity contribution in [1.82, 2.24) is 14.5 Å². The van der Waals surface area contributed by atoms with Crippen molar-refractivity contribution in [1.29, 1.82) is 0 Å². The molecular weight excluding hydrogens is 518 g/mol. The smallest absolute Gasteiger partial charge is 0.261 e. The number of benzene rings is 3. The summed E-state index contributed by atoms with van der Waals surface area (Å²) in [6.45, 7) is 9.06. The Morgan fingerprint density at radius 2 is 1.79 bits per heavy atom. The molecule has 3 aromatic carbocycles. The SMILES string of the molecule is Cc1ccc(C2=NC(C)(C)CN2CC(C)Cc2nc3cc(Cl)ccc3c(=O)n2Cc2ccccc2)c(F)c1F. The van der Waals surface area contributed by atoms with Gasteiger partial charge in [0, 0.05) is 24.5 Å². The quantitative estimate of drug-likeness (QED) is 0.268. The molecule has 1 aromatic heterocycles. The van der Waals surface area contributed by atoms with Crippen LogP contribution in [0, 0.1) is 24.5 Å². The van der Waals surface area contributed by atoms with Gasteiger partial charge in [0.05, 0.1) is 28.6 Å². The lowest BCUT2D eigenvalue weighted by Gasteiger charge is -2.27. The van der Waals surface area contributed by atoms with E-state index in [0.29, 0.717) is 53.6 Å². The lowest BCUT2D eigenvalue weighted by Crippen LogP contribution is -2.37. The van der Waals surface area contributed by atoms with Crippen molar-refractivity contribution >= 4 is 28.3 Å². The Balaban J connectivity index is 1.47. The highest BCUT2D eigenvalue weighted by Gasteiger charge is 2.34. The van der Waals surface area contributed by atoms with Crippen LogP contribution in [0.2, 0.25) is 5.02 Å². The molecule has 1 aliphatic rings. The number of halogens is 3. The molecule has 0 aliphatic carbocycles. The summed E-state index contributed by atoms with van der Waals surface area (Å²) in [5.41, 5.74) is 1.40. The van der Waals surface area contributed by atoms with E-state index in [-0.39, 0.29) is 22.6 Å². The molecule has 0 radical (unpaired) electrons. The van der Waals surface area contributed by atoms with Crippen molar-refractivity contribution in [2.75, 3.05) is 13.1 Å². The highest BCUT2D eigenvalue weighted by atomic mass is 35.5. The van der Waals surface area contributed by atoms with Gasteiger partial charge in [-0.05, 0) is 62.1 Å². The van der Waals surface area contributed by atoms with Gasteiger partial charge >= 0.3 is 0 Å². The third kappa shape index (κ3) is 5.59. The first-order valence-electron chi connectivity index (χ1n) is 13.0. The summed E-state index contributed by atoms with van der Waals surface area (Å²) < 4.78 is 31.1. The molecule has 202 valence electrons. The van der Waals surface area contributed by atoms with E-state index in [9.17, 15) is 13.6 Å². The molecule has 0 amide bonds. The van der Waals surface area contributed by atoms with E-state index < -0.39 is 17.2 Å². The molecule has 0 bridgehead atoms. The van der Waals surface area contributed by atoms with E-state index in [1.807, 2.05) is 49.1 Å². The number of amidine groups is 1. The fourth-order valence-electron chi connectivity index (χ4n) is 5.21. The predicted molar refractivity (Wildman–Crippen MR) is 153 cm³/mol. The van der Waals surface area contributed by atoms with Crippen molar-refractivity contribution in [2.45, 2.75) is 46.2 Å². The van der Waals surface area contributed by atoms with E-state index in [0.717, 1.165) is 5.56 Å². The van der Waals surface area contributed by atoms with Crippen LogP contribution < -0.4 is 5.56 Å². The van der Waals surface area contributed by atoms with Crippen LogP contribution in [0.3, 0.4) is 0 Å². The molecule has 4 aromatic rings. The molecule has 39 heavy (non-hydrogen) atoms. The van der Waals surface area contributed by atoms with Crippen LogP contribution in [0.1, 0.15) is 43.3 Å². The van der Waals surface area contributed by atoms with Crippen LogP contribution in [0.4, 0.5) is 8.78 Å². The number of hydrogen-bond acceptors (Lipinski definition) is 4. The lowest BCUT2D eigenvalue weighted by atomic mass is 10.0. The third-order valence-electron chi connectivity index (χ3n) is 7.05. The van der Waals surface area contributed by atoms with Crippen LogP contribution in [-0.2, 0) is 13.0 Å². The first-order chi connectivity index (χ1) is 18.5. The van der Waals surface area contributed by atoms with Gasteiger partial charge in [0.15, 0.2) is 11.6 Å².